The average Bonchev–Trinajstić information content (AvgIpc) is 2.14. The molecule has 0 aromatic rings. The lowest BCUT2D eigenvalue weighted by Gasteiger charge is -1.95. The summed E-state index contributed by atoms with van der Waals surface area (Å²) in [7, 11) is 0. The molecule has 8 heavy (non-hydrogen) atoms. The molecule has 0 unspecified atom stereocenters. The number of nitrogens with one attached hydrogen (secondary N) is 1. The summed E-state index contributed by atoms with van der Waals surface area (Å²) in [5.74, 6) is 0. The summed E-state index contributed by atoms with van der Waals surface area (Å²) >= 11 is 10.0. The van der Waals surface area contributed by atoms with Gasteiger partial charge in [0.25, 0.3) is 0 Å². The molecule has 0 radical (unpaired) electrons. The van der Waals surface area contributed by atoms with Crippen LogP contribution in [0.15, 0.2) is 0 Å². The Hall–Kier alpha value is 0.720. The normalized spacial score (nSPS) is 28.1. The van der Waals surface area contributed by atoms with Crippen molar-refractivity contribution in [1.29, 1.82) is 0 Å². The minimum absolute atomic E-state index is 0.655. The van der Waals surface area contributed by atoms with Crippen LogP contribution in [-0.2, 0) is 0 Å². The molecule has 1 fully saturated rings. The van der Waals surface area contributed by atoms with Crippen molar-refractivity contribution in [2.24, 2.45) is 0 Å². The summed E-state index contributed by atoms with van der Waals surface area (Å²) in [4.78, 5) is 0. The highest BCUT2D eigenvalue weighted by Gasteiger charge is 2.17. The fourth-order valence-electron chi connectivity index (χ4n) is 0.518. The number of thioether (sulfide) groups is 1. The second-order valence-corrected chi connectivity index (χ2v) is 4.19. The Morgan fingerprint density at radius 2 is 2.75 bits per heavy atom. The van der Waals surface area contributed by atoms with Gasteiger partial charge in [-0.3, -0.25) is 0 Å². The van der Waals surface area contributed by atoms with E-state index < -0.39 is 0 Å². The number of thiocarbonyl (C=S) groups is 1. The molecule has 0 aromatic heterocycles. The first-order valence-corrected chi connectivity index (χ1v) is 4.74. The standard InChI is InChI=1S/C4H6BrNS2/c5-1-3-2-6-4(7)8-3/h3H,1-2H2,(H,6,7)/t3-/m0/s1. The fourth-order valence-corrected chi connectivity index (χ4v) is 2.33. The van der Waals surface area contributed by atoms with Crippen LogP contribution in [0.4, 0.5) is 0 Å². The van der Waals surface area contributed by atoms with E-state index in [9.17, 15) is 0 Å². The molecule has 1 atom stereocenters. The third kappa shape index (κ3) is 1.60. The molecule has 0 aromatic carbocycles. The number of hydrogen-bond donors (Lipinski definition) is 1. The lowest BCUT2D eigenvalue weighted by molar-refractivity contribution is 0.909. The SMILES string of the molecule is S=C1NC[C@H](CBr)S1. The van der Waals surface area contributed by atoms with Gasteiger partial charge in [-0.1, -0.05) is 39.9 Å². The van der Waals surface area contributed by atoms with Gasteiger partial charge in [-0.25, -0.2) is 0 Å². The zero-order valence-electron chi connectivity index (χ0n) is 4.19. The Kier molecular flexibility index (Phi) is 2.59. The molecule has 0 amide bonds. The van der Waals surface area contributed by atoms with Crippen molar-refractivity contribution in [2.45, 2.75) is 5.25 Å². The first kappa shape index (κ1) is 6.83. The minimum Gasteiger partial charge on any atom is -0.370 e. The van der Waals surface area contributed by atoms with Gasteiger partial charge >= 0.3 is 0 Å². The van der Waals surface area contributed by atoms with Crippen molar-refractivity contribution >= 4 is 44.2 Å². The maximum Gasteiger partial charge on any atom is 0.134 e. The summed E-state index contributed by atoms with van der Waals surface area (Å²) in [6.07, 6.45) is 0. The lowest BCUT2D eigenvalue weighted by atomic mass is 10.5. The predicted octanol–water partition coefficient (Wildman–Crippen LogP) is 1.37. The molecule has 46 valence electrons. The Labute approximate surface area is 66.7 Å². The second kappa shape index (κ2) is 3.03. The zero-order valence-corrected chi connectivity index (χ0v) is 7.41. The fraction of sp³-hybridized carbons (Fsp3) is 0.750. The smallest absolute Gasteiger partial charge is 0.134 e. The third-order valence-electron chi connectivity index (χ3n) is 0.920. The molecule has 1 aliphatic heterocycles. The molecule has 1 aliphatic rings. The van der Waals surface area contributed by atoms with Crippen molar-refractivity contribution in [1.82, 2.24) is 5.32 Å². The molecule has 0 saturated carbocycles. The van der Waals surface area contributed by atoms with Gasteiger partial charge in [0.2, 0.25) is 0 Å². The number of hydrogen-bond acceptors (Lipinski definition) is 2. The summed E-state index contributed by atoms with van der Waals surface area (Å²) < 4.78 is 0.939. The Morgan fingerprint density at radius 3 is 3.00 bits per heavy atom. The molecule has 1 rings (SSSR count). The quantitative estimate of drug-likeness (QED) is 0.520. The van der Waals surface area contributed by atoms with Crippen LogP contribution in [-0.4, -0.2) is 21.4 Å². The van der Waals surface area contributed by atoms with Gasteiger partial charge in [-0.15, -0.1) is 0 Å². The van der Waals surface area contributed by atoms with E-state index in [2.05, 4.69) is 21.2 Å². The minimum atomic E-state index is 0.655. The highest BCUT2D eigenvalue weighted by atomic mass is 79.9. The van der Waals surface area contributed by atoms with Crippen LogP contribution in [0.2, 0.25) is 0 Å². The van der Waals surface area contributed by atoms with Crippen molar-refractivity contribution in [3.05, 3.63) is 0 Å². The molecule has 1 saturated heterocycles. The van der Waals surface area contributed by atoms with Gasteiger partial charge in [-0.05, 0) is 0 Å². The summed E-state index contributed by atoms with van der Waals surface area (Å²) in [5, 5.41) is 4.77. The highest BCUT2D eigenvalue weighted by molar-refractivity contribution is 9.09. The van der Waals surface area contributed by atoms with Gasteiger partial charge in [-0.2, -0.15) is 0 Å². The first-order valence-electron chi connectivity index (χ1n) is 2.33. The molecule has 1 heterocycles. The van der Waals surface area contributed by atoms with E-state index in [1.165, 1.54) is 0 Å². The van der Waals surface area contributed by atoms with E-state index in [0.29, 0.717) is 5.25 Å². The monoisotopic (exact) mass is 211 g/mol. The molecule has 1 nitrogen and oxygen atoms in total. The van der Waals surface area contributed by atoms with E-state index in [1.54, 1.807) is 11.8 Å². The molecular weight excluding hydrogens is 206 g/mol. The number of halogens is 1. The van der Waals surface area contributed by atoms with Gasteiger partial charge in [0.15, 0.2) is 0 Å². The van der Waals surface area contributed by atoms with Crippen LogP contribution >= 0.6 is 39.9 Å². The lowest BCUT2D eigenvalue weighted by Crippen LogP contribution is -2.15. The molecule has 1 N–H and O–H groups in total. The zero-order chi connectivity index (χ0) is 5.98. The molecular formula is C4H6BrNS2. The average molecular weight is 212 g/mol. The van der Waals surface area contributed by atoms with E-state index in [-0.39, 0.29) is 0 Å². The van der Waals surface area contributed by atoms with E-state index >= 15 is 0 Å². The van der Waals surface area contributed by atoms with Crippen molar-refractivity contribution in [3.8, 4) is 0 Å². The van der Waals surface area contributed by atoms with Crippen LogP contribution in [0.5, 0.6) is 0 Å². The summed E-state index contributed by atoms with van der Waals surface area (Å²) in [6.45, 7) is 1.02. The summed E-state index contributed by atoms with van der Waals surface area (Å²) in [6, 6.07) is 0. The number of rotatable bonds is 1. The first-order chi connectivity index (χ1) is 3.83. The maximum absolute atomic E-state index is 4.89. The van der Waals surface area contributed by atoms with Crippen LogP contribution in [0, 0.1) is 0 Å². The van der Waals surface area contributed by atoms with Gasteiger partial charge in [0, 0.05) is 17.1 Å². The number of alkyl halides is 1. The van der Waals surface area contributed by atoms with Crippen LogP contribution in [0.25, 0.3) is 0 Å². The van der Waals surface area contributed by atoms with Crippen LogP contribution in [0.3, 0.4) is 0 Å². The molecule has 0 aliphatic carbocycles. The van der Waals surface area contributed by atoms with Gasteiger partial charge in [0.05, 0.1) is 0 Å². The third-order valence-corrected chi connectivity index (χ3v) is 3.59. The van der Waals surface area contributed by atoms with E-state index in [4.69, 9.17) is 12.2 Å². The maximum atomic E-state index is 4.89. The van der Waals surface area contributed by atoms with Crippen molar-refractivity contribution in [2.75, 3.05) is 11.9 Å². The molecule has 0 bridgehead atoms. The largest absolute Gasteiger partial charge is 0.370 e. The van der Waals surface area contributed by atoms with Gasteiger partial charge in [0.1, 0.15) is 4.32 Å². The second-order valence-electron chi connectivity index (χ2n) is 1.56. The van der Waals surface area contributed by atoms with E-state index in [0.717, 1.165) is 16.2 Å². The van der Waals surface area contributed by atoms with E-state index in [1.807, 2.05) is 0 Å². The Balaban J connectivity index is 2.32. The van der Waals surface area contributed by atoms with Crippen molar-refractivity contribution < 1.29 is 0 Å². The van der Waals surface area contributed by atoms with Crippen LogP contribution in [0.1, 0.15) is 0 Å². The van der Waals surface area contributed by atoms with Gasteiger partial charge < -0.3 is 5.32 Å². The molecule has 4 heteroatoms. The van der Waals surface area contributed by atoms with Crippen LogP contribution < -0.4 is 5.32 Å². The Bertz CT molecular complexity index is 106. The Morgan fingerprint density at radius 1 is 2.00 bits per heavy atom. The predicted molar refractivity (Wildman–Crippen MR) is 45.8 cm³/mol. The highest BCUT2D eigenvalue weighted by Crippen LogP contribution is 2.18. The molecule has 0 spiro atoms. The summed E-state index contributed by atoms with van der Waals surface area (Å²) in [5.41, 5.74) is 0. The van der Waals surface area contributed by atoms with Crippen molar-refractivity contribution in [3.63, 3.8) is 0 Å². The topological polar surface area (TPSA) is 12.0 Å².